The van der Waals surface area contributed by atoms with Crippen LogP contribution in [0.2, 0.25) is 0 Å². The number of benzene rings is 1. The van der Waals surface area contributed by atoms with Gasteiger partial charge in [0.25, 0.3) is 0 Å². The molecule has 0 unspecified atom stereocenters. The average Bonchev–Trinajstić information content (AvgIpc) is 2.25. The Labute approximate surface area is 95.9 Å². The van der Waals surface area contributed by atoms with E-state index in [0.717, 1.165) is 17.9 Å². The topological polar surface area (TPSA) is 52.6 Å². The zero-order chi connectivity index (χ0) is 12.0. The molecule has 0 saturated heterocycles. The lowest BCUT2D eigenvalue weighted by atomic mass is 10.2. The van der Waals surface area contributed by atoms with Crippen molar-refractivity contribution >= 4 is 17.3 Å². The molecule has 1 amide bonds. The standard InChI is InChI=1S/C12H18N2O2/c1-3-14(7-8-15)12-6-4-5-11(9-12)13-10(2)16/h4-6,9,15H,3,7-8H2,1-2H3,(H,13,16). The summed E-state index contributed by atoms with van der Waals surface area (Å²) in [6, 6.07) is 7.60. The largest absolute Gasteiger partial charge is 0.395 e. The van der Waals surface area contributed by atoms with Gasteiger partial charge in [-0.15, -0.1) is 0 Å². The van der Waals surface area contributed by atoms with E-state index in [-0.39, 0.29) is 12.5 Å². The lowest BCUT2D eigenvalue weighted by Gasteiger charge is -2.22. The molecule has 16 heavy (non-hydrogen) atoms. The number of rotatable bonds is 5. The molecular formula is C12H18N2O2. The molecule has 1 rings (SSSR count). The summed E-state index contributed by atoms with van der Waals surface area (Å²) in [6.07, 6.45) is 0. The van der Waals surface area contributed by atoms with Gasteiger partial charge in [-0.1, -0.05) is 6.07 Å². The first kappa shape index (κ1) is 12.5. The number of hydrogen-bond acceptors (Lipinski definition) is 3. The monoisotopic (exact) mass is 222 g/mol. The lowest BCUT2D eigenvalue weighted by molar-refractivity contribution is -0.114. The fourth-order valence-corrected chi connectivity index (χ4v) is 1.57. The summed E-state index contributed by atoms with van der Waals surface area (Å²) in [5.41, 5.74) is 1.78. The molecule has 4 nitrogen and oxygen atoms in total. The van der Waals surface area contributed by atoms with E-state index in [1.54, 1.807) is 0 Å². The maximum Gasteiger partial charge on any atom is 0.221 e. The fraction of sp³-hybridized carbons (Fsp3) is 0.417. The molecule has 0 saturated carbocycles. The normalized spacial score (nSPS) is 9.94. The second-order valence-electron chi connectivity index (χ2n) is 3.53. The maximum absolute atomic E-state index is 10.9. The van der Waals surface area contributed by atoms with Gasteiger partial charge in [-0.25, -0.2) is 0 Å². The van der Waals surface area contributed by atoms with Crippen LogP contribution in [0.3, 0.4) is 0 Å². The molecule has 1 aromatic carbocycles. The predicted octanol–water partition coefficient (Wildman–Crippen LogP) is 1.46. The molecule has 0 radical (unpaired) electrons. The highest BCUT2D eigenvalue weighted by atomic mass is 16.3. The first-order valence-corrected chi connectivity index (χ1v) is 5.40. The van der Waals surface area contributed by atoms with Crippen LogP contribution in [0, 0.1) is 0 Å². The summed E-state index contributed by atoms with van der Waals surface area (Å²) in [6.45, 7) is 5.06. The van der Waals surface area contributed by atoms with Gasteiger partial charge >= 0.3 is 0 Å². The van der Waals surface area contributed by atoms with Gasteiger partial charge < -0.3 is 15.3 Å². The number of carbonyl (C=O) groups excluding carboxylic acids is 1. The first-order valence-electron chi connectivity index (χ1n) is 5.40. The summed E-state index contributed by atoms with van der Waals surface area (Å²) >= 11 is 0. The number of nitrogens with one attached hydrogen (secondary N) is 1. The van der Waals surface area contributed by atoms with Crippen molar-refractivity contribution in [1.29, 1.82) is 0 Å². The summed E-state index contributed by atoms with van der Waals surface area (Å²) in [5, 5.41) is 11.7. The van der Waals surface area contributed by atoms with Gasteiger partial charge in [0.15, 0.2) is 0 Å². The highest BCUT2D eigenvalue weighted by molar-refractivity contribution is 5.89. The molecule has 88 valence electrons. The lowest BCUT2D eigenvalue weighted by Crippen LogP contribution is -2.26. The van der Waals surface area contributed by atoms with E-state index >= 15 is 0 Å². The summed E-state index contributed by atoms with van der Waals surface area (Å²) in [4.78, 5) is 13.0. The van der Waals surface area contributed by atoms with E-state index in [9.17, 15) is 4.79 Å². The minimum absolute atomic E-state index is 0.0812. The minimum Gasteiger partial charge on any atom is -0.395 e. The van der Waals surface area contributed by atoms with Crippen LogP contribution in [0.5, 0.6) is 0 Å². The van der Waals surface area contributed by atoms with E-state index in [0.29, 0.717) is 6.54 Å². The van der Waals surface area contributed by atoms with Crippen LogP contribution in [0.15, 0.2) is 24.3 Å². The summed E-state index contributed by atoms with van der Waals surface area (Å²) in [5.74, 6) is -0.0812. The van der Waals surface area contributed by atoms with Crippen molar-refractivity contribution in [2.24, 2.45) is 0 Å². The molecule has 0 aromatic heterocycles. The number of amides is 1. The molecule has 0 aliphatic heterocycles. The Hall–Kier alpha value is -1.55. The summed E-state index contributed by atoms with van der Waals surface area (Å²) in [7, 11) is 0. The molecule has 0 heterocycles. The van der Waals surface area contributed by atoms with Crippen LogP contribution < -0.4 is 10.2 Å². The van der Waals surface area contributed by atoms with Gasteiger partial charge in [-0.05, 0) is 25.1 Å². The van der Waals surface area contributed by atoms with Crippen LogP contribution in [0.1, 0.15) is 13.8 Å². The first-order chi connectivity index (χ1) is 7.67. The third kappa shape index (κ3) is 3.55. The molecular weight excluding hydrogens is 204 g/mol. The Balaban J connectivity index is 2.83. The Morgan fingerprint density at radius 2 is 2.25 bits per heavy atom. The van der Waals surface area contributed by atoms with Crippen molar-refractivity contribution in [2.45, 2.75) is 13.8 Å². The minimum atomic E-state index is -0.0812. The number of carbonyl (C=O) groups is 1. The van der Waals surface area contributed by atoms with Crippen molar-refractivity contribution in [3.63, 3.8) is 0 Å². The van der Waals surface area contributed by atoms with Gasteiger partial charge in [0, 0.05) is 31.4 Å². The van der Waals surface area contributed by atoms with Gasteiger partial charge in [0.05, 0.1) is 6.61 Å². The number of aliphatic hydroxyl groups excluding tert-OH is 1. The van der Waals surface area contributed by atoms with Gasteiger partial charge in [0.2, 0.25) is 5.91 Å². The zero-order valence-electron chi connectivity index (χ0n) is 9.73. The molecule has 0 bridgehead atoms. The van der Waals surface area contributed by atoms with Gasteiger partial charge in [-0.3, -0.25) is 4.79 Å². The van der Waals surface area contributed by atoms with E-state index in [4.69, 9.17) is 5.11 Å². The maximum atomic E-state index is 10.9. The smallest absolute Gasteiger partial charge is 0.221 e. The van der Waals surface area contributed by atoms with Crippen LogP contribution in [0.4, 0.5) is 11.4 Å². The van der Waals surface area contributed by atoms with Crippen molar-refractivity contribution in [3.05, 3.63) is 24.3 Å². The van der Waals surface area contributed by atoms with E-state index in [2.05, 4.69) is 5.32 Å². The van der Waals surface area contributed by atoms with E-state index in [1.807, 2.05) is 36.1 Å². The Bertz CT molecular complexity index is 353. The van der Waals surface area contributed by atoms with Gasteiger partial charge in [-0.2, -0.15) is 0 Å². The second kappa shape index (κ2) is 6.12. The Kier molecular flexibility index (Phi) is 4.79. The van der Waals surface area contributed by atoms with Crippen molar-refractivity contribution in [3.8, 4) is 0 Å². The SMILES string of the molecule is CCN(CCO)c1cccc(NC(C)=O)c1. The second-order valence-corrected chi connectivity index (χ2v) is 3.53. The summed E-state index contributed by atoms with van der Waals surface area (Å²) < 4.78 is 0. The third-order valence-corrected chi connectivity index (χ3v) is 2.28. The fourth-order valence-electron chi connectivity index (χ4n) is 1.57. The Morgan fingerprint density at radius 1 is 1.50 bits per heavy atom. The van der Waals surface area contributed by atoms with Gasteiger partial charge in [0.1, 0.15) is 0 Å². The molecule has 1 aromatic rings. The molecule has 0 fully saturated rings. The molecule has 0 atom stereocenters. The Morgan fingerprint density at radius 3 is 2.81 bits per heavy atom. The van der Waals surface area contributed by atoms with Crippen LogP contribution in [-0.4, -0.2) is 30.7 Å². The van der Waals surface area contributed by atoms with Crippen molar-refractivity contribution in [1.82, 2.24) is 0 Å². The van der Waals surface area contributed by atoms with E-state index < -0.39 is 0 Å². The quantitative estimate of drug-likeness (QED) is 0.793. The molecule has 4 heteroatoms. The number of likely N-dealkylation sites (N-methyl/N-ethyl adjacent to an activating group) is 1. The van der Waals surface area contributed by atoms with Crippen molar-refractivity contribution in [2.75, 3.05) is 29.9 Å². The molecule has 0 spiro atoms. The molecule has 0 aliphatic carbocycles. The third-order valence-electron chi connectivity index (χ3n) is 2.28. The number of nitrogens with zero attached hydrogens (tertiary/aromatic N) is 1. The average molecular weight is 222 g/mol. The molecule has 0 aliphatic rings. The van der Waals surface area contributed by atoms with Crippen LogP contribution >= 0.6 is 0 Å². The van der Waals surface area contributed by atoms with E-state index in [1.165, 1.54) is 6.92 Å². The van der Waals surface area contributed by atoms with Crippen LogP contribution in [0.25, 0.3) is 0 Å². The highest BCUT2D eigenvalue weighted by Crippen LogP contribution is 2.19. The number of hydrogen-bond donors (Lipinski definition) is 2. The highest BCUT2D eigenvalue weighted by Gasteiger charge is 2.04. The number of anilines is 2. The number of aliphatic hydroxyl groups is 1. The predicted molar refractivity (Wildman–Crippen MR) is 65.7 cm³/mol. The molecule has 2 N–H and O–H groups in total. The zero-order valence-corrected chi connectivity index (χ0v) is 9.73. The van der Waals surface area contributed by atoms with Crippen molar-refractivity contribution < 1.29 is 9.90 Å². The van der Waals surface area contributed by atoms with Crippen LogP contribution in [-0.2, 0) is 4.79 Å².